The molecular formula is C11H9F2NO2. The highest BCUT2D eigenvalue weighted by Crippen LogP contribution is 2.34. The summed E-state index contributed by atoms with van der Waals surface area (Å²) in [6.45, 7) is 0. The molecular weight excluding hydrogens is 216 g/mol. The van der Waals surface area contributed by atoms with Gasteiger partial charge in [-0.1, -0.05) is 0 Å². The standard InChI is InChI=1S/C11H9F2NO2/c12-5-1-6-7(9(13)2-5)3-10(15)8(6)4-11(14)16/h1-2,4,10,15H,3H2,(H2,14,16)/b8-4-. The van der Waals surface area contributed by atoms with Crippen molar-refractivity contribution in [1.82, 2.24) is 0 Å². The first-order chi connectivity index (χ1) is 7.49. The number of nitrogens with two attached hydrogens (primary N) is 1. The maximum absolute atomic E-state index is 13.3. The third-order valence-corrected chi connectivity index (χ3v) is 2.53. The normalized spacial score (nSPS) is 21.2. The summed E-state index contributed by atoms with van der Waals surface area (Å²) in [5.41, 5.74) is 5.54. The number of amides is 1. The van der Waals surface area contributed by atoms with Crippen LogP contribution < -0.4 is 5.73 Å². The Morgan fingerprint density at radius 3 is 2.81 bits per heavy atom. The summed E-state index contributed by atoms with van der Waals surface area (Å²) in [7, 11) is 0. The molecule has 1 aromatic rings. The first kappa shape index (κ1) is 10.8. The fourth-order valence-corrected chi connectivity index (χ4v) is 1.88. The molecule has 1 amide bonds. The van der Waals surface area contributed by atoms with E-state index in [1.807, 2.05) is 0 Å². The Morgan fingerprint density at radius 1 is 1.50 bits per heavy atom. The Balaban J connectivity index is 2.61. The van der Waals surface area contributed by atoms with Crippen LogP contribution in [-0.2, 0) is 11.2 Å². The van der Waals surface area contributed by atoms with Crippen molar-refractivity contribution in [3.63, 3.8) is 0 Å². The van der Waals surface area contributed by atoms with Crippen molar-refractivity contribution < 1.29 is 18.7 Å². The summed E-state index contributed by atoms with van der Waals surface area (Å²) in [6.07, 6.45) is 0.00875. The van der Waals surface area contributed by atoms with Crippen LogP contribution in [0.1, 0.15) is 11.1 Å². The van der Waals surface area contributed by atoms with Gasteiger partial charge in [0, 0.05) is 18.6 Å². The molecule has 0 aromatic heterocycles. The number of benzene rings is 1. The SMILES string of the molecule is NC(=O)/C=C1/c2cc(F)cc(F)c2CC1O. The average molecular weight is 225 g/mol. The number of hydrogen-bond acceptors (Lipinski definition) is 2. The van der Waals surface area contributed by atoms with E-state index in [1.165, 1.54) is 0 Å². The first-order valence-corrected chi connectivity index (χ1v) is 4.66. The van der Waals surface area contributed by atoms with Gasteiger partial charge in [0.2, 0.25) is 5.91 Å². The summed E-state index contributed by atoms with van der Waals surface area (Å²) >= 11 is 0. The van der Waals surface area contributed by atoms with Crippen LogP contribution >= 0.6 is 0 Å². The lowest BCUT2D eigenvalue weighted by atomic mass is 10.1. The van der Waals surface area contributed by atoms with Crippen molar-refractivity contribution in [2.45, 2.75) is 12.5 Å². The fourth-order valence-electron chi connectivity index (χ4n) is 1.88. The Bertz CT molecular complexity index is 497. The minimum Gasteiger partial charge on any atom is -0.388 e. The molecule has 0 radical (unpaired) electrons. The molecule has 1 aliphatic rings. The van der Waals surface area contributed by atoms with E-state index in [0.717, 1.165) is 18.2 Å². The highest BCUT2D eigenvalue weighted by Gasteiger charge is 2.28. The van der Waals surface area contributed by atoms with Crippen LogP contribution in [0.5, 0.6) is 0 Å². The van der Waals surface area contributed by atoms with Crippen molar-refractivity contribution in [1.29, 1.82) is 0 Å². The minimum absolute atomic E-state index is 0.0283. The molecule has 2 rings (SSSR count). The molecule has 1 aliphatic carbocycles. The van der Waals surface area contributed by atoms with Crippen molar-refractivity contribution in [3.8, 4) is 0 Å². The van der Waals surface area contributed by atoms with Gasteiger partial charge in [-0.3, -0.25) is 4.79 Å². The minimum atomic E-state index is -1.02. The largest absolute Gasteiger partial charge is 0.388 e. The van der Waals surface area contributed by atoms with Gasteiger partial charge in [-0.15, -0.1) is 0 Å². The number of halogens is 2. The molecule has 0 saturated heterocycles. The highest BCUT2D eigenvalue weighted by atomic mass is 19.1. The summed E-state index contributed by atoms with van der Waals surface area (Å²) in [6, 6.07) is 1.84. The summed E-state index contributed by atoms with van der Waals surface area (Å²) in [4.78, 5) is 10.7. The van der Waals surface area contributed by atoms with Crippen LogP contribution in [0, 0.1) is 11.6 Å². The van der Waals surface area contributed by atoms with E-state index in [9.17, 15) is 18.7 Å². The van der Waals surface area contributed by atoms with Crippen LogP contribution in [0.25, 0.3) is 5.57 Å². The molecule has 0 spiro atoms. The van der Waals surface area contributed by atoms with Gasteiger partial charge in [-0.25, -0.2) is 8.78 Å². The number of carbonyl (C=O) groups excluding carboxylic acids is 1. The van der Waals surface area contributed by atoms with Crippen LogP contribution in [0.2, 0.25) is 0 Å². The number of fused-ring (bicyclic) bond motifs is 1. The predicted molar refractivity (Wildman–Crippen MR) is 53.2 cm³/mol. The molecule has 84 valence electrons. The second-order valence-corrected chi connectivity index (χ2v) is 3.64. The average Bonchev–Trinajstić information content (AvgIpc) is 2.45. The lowest BCUT2D eigenvalue weighted by molar-refractivity contribution is -0.113. The molecule has 0 fully saturated rings. The molecule has 0 heterocycles. The maximum Gasteiger partial charge on any atom is 0.241 e. The van der Waals surface area contributed by atoms with E-state index in [1.54, 1.807) is 0 Å². The van der Waals surface area contributed by atoms with Gasteiger partial charge in [0.15, 0.2) is 0 Å². The Kier molecular flexibility index (Phi) is 2.47. The van der Waals surface area contributed by atoms with Crippen LogP contribution in [0.4, 0.5) is 8.78 Å². The van der Waals surface area contributed by atoms with Crippen molar-refractivity contribution >= 4 is 11.5 Å². The van der Waals surface area contributed by atoms with Crippen molar-refractivity contribution in [3.05, 3.63) is 41.0 Å². The number of rotatable bonds is 1. The number of hydrogen-bond donors (Lipinski definition) is 2. The number of primary amides is 1. The van der Waals surface area contributed by atoms with E-state index in [2.05, 4.69) is 0 Å². The lowest BCUT2D eigenvalue weighted by Crippen LogP contribution is -2.11. The molecule has 1 unspecified atom stereocenters. The smallest absolute Gasteiger partial charge is 0.241 e. The second kappa shape index (κ2) is 3.68. The molecule has 16 heavy (non-hydrogen) atoms. The molecule has 0 bridgehead atoms. The Labute approximate surface area is 90.2 Å². The van der Waals surface area contributed by atoms with Crippen LogP contribution in [0.3, 0.4) is 0 Å². The molecule has 1 atom stereocenters. The molecule has 3 N–H and O–H groups in total. The highest BCUT2D eigenvalue weighted by molar-refractivity contribution is 5.96. The van der Waals surface area contributed by atoms with E-state index < -0.39 is 23.6 Å². The Hall–Kier alpha value is -1.75. The molecule has 1 aromatic carbocycles. The molecule has 0 aliphatic heterocycles. The topological polar surface area (TPSA) is 63.3 Å². The first-order valence-electron chi connectivity index (χ1n) is 4.66. The monoisotopic (exact) mass is 225 g/mol. The van der Waals surface area contributed by atoms with Gasteiger partial charge in [0.1, 0.15) is 11.6 Å². The van der Waals surface area contributed by atoms with E-state index in [0.29, 0.717) is 0 Å². The number of aliphatic hydroxyl groups excluding tert-OH is 1. The third kappa shape index (κ3) is 1.69. The zero-order valence-electron chi connectivity index (χ0n) is 8.21. The number of carbonyl (C=O) groups is 1. The quantitative estimate of drug-likeness (QED) is 0.693. The van der Waals surface area contributed by atoms with Gasteiger partial charge < -0.3 is 10.8 Å². The van der Waals surface area contributed by atoms with Gasteiger partial charge in [-0.05, 0) is 22.8 Å². The van der Waals surface area contributed by atoms with Gasteiger partial charge in [0.05, 0.1) is 6.10 Å². The zero-order chi connectivity index (χ0) is 11.9. The summed E-state index contributed by atoms with van der Waals surface area (Å²) in [5, 5.41) is 9.61. The van der Waals surface area contributed by atoms with Crippen molar-refractivity contribution in [2.75, 3.05) is 0 Å². The van der Waals surface area contributed by atoms with Crippen molar-refractivity contribution in [2.24, 2.45) is 5.73 Å². The predicted octanol–water partition coefficient (Wildman–Crippen LogP) is 0.751. The second-order valence-electron chi connectivity index (χ2n) is 3.64. The zero-order valence-corrected chi connectivity index (χ0v) is 8.21. The van der Waals surface area contributed by atoms with E-state index >= 15 is 0 Å². The number of aliphatic hydroxyl groups is 1. The van der Waals surface area contributed by atoms with Gasteiger partial charge >= 0.3 is 0 Å². The van der Waals surface area contributed by atoms with Crippen LogP contribution in [-0.4, -0.2) is 17.1 Å². The molecule has 0 saturated carbocycles. The molecule has 5 heteroatoms. The van der Waals surface area contributed by atoms with Gasteiger partial charge in [0.25, 0.3) is 0 Å². The third-order valence-electron chi connectivity index (χ3n) is 2.53. The summed E-state index contributed by atoms with van der Waals surface area (Å²) < 4.78 is 26.3. The Morgan fingerprint density at radius 2 is 2.19 bits per heavy atom. The van der Waals surface area contributed by atoms with Crippen LogP contribution in [0.15, 0.2) is 18.2 Å². The molecule has 3 nitrogen and oxygen atoms in total. The summed E-state index contributed by atoms with van der Waals surface area (Å²) in [5.74, 6) is -2.23. The fraction of sp³-hybridized carbons (Fsp3) is 0.182. The van der Waals surface area contributed by atoms with Gasteiger partial charge in [-0.2, -0.15) is 0 Å². The maximum atomic E-state index is 13.3. The lowest BCUT2D eigenvalue weighted by Gasteiger charge is -2.03. The van der Waals surface area contributed by atoms with E-state index in [-0.39, 0.29) is 23.1 Å². The van der Waals surface area contributed by atoms with E-state index in [4.69, 9.17) is 5.73 Å².